The molecule has 2 nitrogen and oxygen atoms in total. The molecule has 0 aliphatic heterocycles. The van der Waals surface area contributed by atoms with Gasteiger partial charge in [-0.25, -0.2) is 0 Å². The van der Waals surface area contributed by atoms with Crippen LogP contribution in [-0.4, -0.2) is 19.2 Å². The van der Waals surface area contributed by atoms with Crippen molar-refractivity contribution in [2.75, 3.05) is 13.2 Å². The van der Waals surface area contributed by atoms with E-state index in [1.54, 1.807) is 0 Å². The molecular weight excluding hydrogens is 234 g/mol. The molecule has 0 heterocycles. The van der Waals surface area contributed by atoms with Gasteiger partial charge in [-0.2, -0.15) is 0 Å². The van der Waals surface area contributed by atoms with Crippen LogP contribution in [0.2, 0.25) is 0 Å². The number of hydrogen-bond donors (Lipinski definition) is 1. The molecule has 0 bridgehead atoms. The first-order chi connectivity index (χ1) is 9.25. The fourth-order valence-corrected chi connectivity index (χ4v) is 2.73. The molecule has 0 aromatic heterocycles. The molecule has 2 rings (SSSR count). The highest BCUT2D eigenvalue weighted by molar-refractivity contribution is 5.20. The summed E-state index contributed by atoms with van der Waals surface area (Å²) < 4.78 is 5.74. The van der Waals surface area contributed by atoms with Gasteiger partial charge in [-0.05, 0) is 56.2 Å². The summed E-state index contributed by atoms with van der Waals surface area (Å²) in [4.78, 5) is 0. The van der Waals surface area contributed by atoms with Crippen LogP contribution < -0.4 is 10.1 Å². The van der Waals surface area contributed by atoms with Gasteiger partial charge in [-0.1, -0.05) is 32.0 Å². The highest BCUT2D eigenvalue weighted by atomic mass is 16.5. The molecule has 19 heavy (non-hydrogen) atoms. The van der Waals surface area contributed by atoms with Crippen molar-refractivity contribution in [1.82, 2.24) is 5.32 Å². The second-order valence-corrected chi connectivity index (χ2v) is 5.96. The molecule has 2 heteroatoms. The molecular formula is C17H27NO. The molecule has 1 aromatic carbocycles. The van der Waals surface area contributed by atoms with Crippen molar-refractivity contribution in [3.63, 3.8) is 0 Å². The molecule has 106 valence electrons. The number of benzene rings is 1. The Hall–Kier alpha value is -1.02. The van der Waals surface area contributed by atoms with Gasteiger partial charge in [-0.15, -0.1) is 0 Å². The lowest BCUT2D eigenvalue weighted by molar-refractivity contribution is 0.146. The molecule has 1 fully saturated rings. The van der Waals surface area contributed by atoms with E-state index in [0.29, 0.717) is 6.04 Å². The Morgan fingerprint density at radius 2 is 1.89 bits per heavy atom. The molecule has 1 N–H and O–H groups in total. The summed E-state index contributed by atoms with van der Waals surface area (Å²) in [6.45, 7) is 6.50. The molecule has 2 unspecified atom stereocenters. The van der Waals surface area contributed by atoms with Gasteiger partial charge in [0, 0.05) is 6.04 Å². The van der Waals surface area contributed by atoms with Crippen LogP contribution in [0.15, 0.2) is 30.3 Å². The Morgan fingerprint density at radius 3 is 2.53 bits per heavy atom. The van der Waals surface area contributed by atoms with E-state index in [-0.39, 0.29) is 0 Å². The van der Waals surface area contributed by atoms with E-state index >= 15 is 0 Å². The van der Waals surface area contributed by atoms with Crippen LogP contribution in [0.25, 0.3) is 0 Å². The van der Waals surface area contributed by atoms with E-state index < -0.39 is 0 Å². The summed E-state index contributed by atoms with van der Waals surface area (Å²) in [5, 5.41) is 3.56. The highest BCUT2D eigenvalue weighted by Gasteiger charge is 2.29. The van der Waals surface area contributed by atoms with E-state index in [0.717, 1.165) is 24.2 Å². The van der Waals surface area contributed by atoms with Crippen molar-refractivity contribution < 1.29 is 4.74 Å². The van der Waals surface area contributed by atoms with E-state index in [9.17, 15) is 0 Å². The quantitative estimate of drug-likeness (QED) is 0.717. The van der Waals surface area contributed by atoms with Crippen LogP contribution in [0.4, 0.5) is 0 Å². The minimum atomic E-state index is 0.614. The average molecular weight is 261 g/mol. The predicted octanol–water partition coefficient (Wildman–Crippen LogP) is 3.87. The van der Waals surface area contributed by atoms with Crippen LogP contribution >= 0.6 is 0 Å². The zero-order valence-corrected chi connectivity index (χ0v) is 12.3. The van der Waals surface area contributed by atoms with Crippen molar-refractivity contribution in [3.8, 4) is 5.75 Å². The second kappa shape index (κ2) is 7.54. The summed E-state index contributed by atoms with van der Waals surface area (Å²) in [5.41, 5.74) is 0. The summed E-state index contributed by atoms with van der Waals surface area (Å²) >= 11 is 0. The molecule has 0 radical (unpaired) electrons. The van der Waals surface area contributed by atoms with Gasteiger partial charge in [0.1, 0.15) is 5.75 Å². The summed E-state index contributed by atoms with van der Waals surface area (Å²) in [5.74, 6) is 2.82. The van der Waals surface area contributed by atoms with Crippen molar-refractivity contribution in [1.29, 1.82) is 0 Å². The number of rotatable bonds is 8. The second-order valence-electron chi connectivity index (χ2n) is 5.96. The van der Waals surface area contributed by atoms with Gasteiger partial charge in [0.05, 0.1) is 6.61 Å². The monoisotopic (exact) mass is 261 g/mol. The number of nitrogens with one attached hydrogen (secondary N) is 1. The summed E-state index contributed by atoms with van der Waals surface area (Å²) in [6, 6.07) is 10.7. The lowest BCUT2D eigenvalue weighted by Crippen LogP contribution is -2.38. The minimum absolute atomic E-state index is 0.614. The van der Waals surface area contributed by atoms with Gasteiger partial charge in [-0.3, -0.25) is 0 Å². The maximum Gasteiger partial charge on any atom is 0.119 e. The van der Waals surface area contributed by atoms with Crippen molar-refractivity contribution in [2.45, 2.75) is 45.6 Å². The van der Waals surface area contributed by atoms with Crippen LogP contribution in [-0.2, 0) is 0 Å². The molecule has 2 atom stereocenters. The van der Waals surface area contributed by atoms with Crippen molar-refractivity contribution in [3.05, 3.63) is 30.3 Å². The zero-order chi connectivity index (χ0) is 13.5. The highest BCUT2D eigenvalue weighted by Crippen LogP contribution is 2.37. The fourth-order valence-electron chi connectivity index (χ4n) is 2.73. The lowest BCUT2D eigenvalue weighted by Gasteiger charge is -2.37. The Labute approximate surface area is 117 Å². The van der Waals surface area contributed by atoms with Gasteiger partial charge in [0.25, 0.3) is 0 Å². The van der Waals surface area contributed by atoms with Gasteiger partial charge in [0.2, 0.25) is 0 Å². The number of ether oxygens (including phenoxy) is 1. The number of para-hydroxylation sites is 1. The molecule has 0 amide bonds. The first-order valence-corrected chi connectivity index (χ1v) is 7.67. The third kappa shape index (κ3) is 4.87. The molecule has 1 aromatic rings. The Morgan fingerprint density at radius 1 is 1.16 bits per heavy atom. The normalized spacial score (nSPS) is 22.3. The van der Waals surface area contributed by atoms with Crippen LogP contribution in [0.1, 0.15) is 39.5 Å². The van der Waals surface area contributed by atoms with Crippen LogP contribution in [0.5, 0.6) is 5.75 Å². The SMILES string of the molecule is CC(C)NCC1CCC1CCCOc1ccccc1. The zero-order valence-electron chi connectivity index (χ0n) is 12.3. The van der Waals surface area contributed by atoms with Gasteiger partial charge in [0.15, 0.2) is 0 Å². The van der Waals surface area contributed by atoms with Crippen LogP contribution in [0.3, 0.4) is 0 Å². The molecule has 1 aliphatic carbocycles. The Kier molecular flexibility index (Phi) is 5.71. The summed E-state index contributed by atoms with van der Waals surface area (Å²) in [7, 11) is 0. The standard InChI is InChI=1S/C17H27NO/c1-14(2)18-13-16-11-10-15(16)7-6-12-19-17-8-4-3-5-9-17/h3-5,8-9,14-16,18H,6-7,10-13H2,1-2H3. The smallest absolute Gasteiger partial charge is 0.119 e. The molecule has 1 saturated carbocycles. The van der Waals surface area contributed by atoms with Gasteiger partial charge < -0.3 is 10.1 Å². The topological polar surface area (TPSA) is 21.3 Å². The number of hydrogen-bond acceptors (Lipinski definition) is 2. The molecule has 0 spiro atoms. The van der Waals surface area contributed by atoms with E-state index in [1.807, 2.05) is 30.3 Å². The first kappa shape index (κ1) is 14.4. The first-order valence-electron chi connectivity index (χ1n) is 7.67. The van der Waals surface area contributed by atoms with Crippen molar-refractivity contribution >= 4 is 0 Å². The predicted molar refractivity (Wildman–Crippen MR) is 80.5 cm³/mol. The third-order valence-electron chi connectivity index (χ3n) is 4.09. The average Bonchev–Trinajstić information content (AvgIpc) is 2.38. The Balaban J connectivity index is 1.56. The molecule has 0 saturated heterocycles. The Bertz CT molecular complexity index is 350. The maximum atomic E-state index is 5.74. The van der Waals surface area contributed by atoms with Gasteiger partial charge >= 0.3 is 0 Å². The minimum Gasteiger partial charge on any atom is -0.494 e. The van der Waals surface area contributed by atoms with E-state index in [4.69, 9.17) is 4.74 Å². The molecule has 1 aliphatic rings. The maximum absolute atomic E-state index is 5.74. The summed E-state index contributed by atoms with van der Waals surface area (Å²) in [6.07, 6.45) is 5.31. The third-order valence-corrected chi connectivity index (χ3v) is 4.09. The van der Waals surface area contributed by atoms with E-state index in [2.05, 4.69) is 19.2 Å². The van der Waals surface area contributed by atoms with Crippen molar-refractivity contribution in [2.24, 2.45) is 11.8 Å². The fraction of sp³-hybridized carbons (Fsp3) is 0.647. The largest absolute Gasteiger partial charge is 0.494 e. The van der Waals surface area contributed by atoms with Crippen LogP contribution in [0, 0.1) is 11.8 Å². The van der Waals surface area contributed by atoms with E-state index in [1.165, 1.54) is 32.2 Å². The lowest BCUT2D eigenvalue weighted by atomic mass is 9.71.